The lowest BCUT2D eigenvalue weighted by Gasteiger charge is -2.08. The van der Waals surface area contributed by atoms with Crippen LogP contribution in [-0.4, -0.2) is 17.6 Å². The number of methoxy groups -OCH3 is 1. The third-order valence-electron chi connectivity index (χ3n) is 4.59. The van der Waals surface area contributed by atoms with Crippen LogP contribution < -0.4 is 15.6 Å². The van der Waals surface area contributed by atoms with E-state index < -0.39 is 5.91 Å². The second-order valence-corrected chi connectivity index (χ2v) is 8.33. The van der Waals surface area contributed by atoms with Gasteiger partial charge in [-0.1, -0.05) is 29.4 Å². The topological polar surface area (TPSA) is 73.5 Å². The molecule has 6 nitrogen and oxygen atoms in total. The number of benzene rings is 2. The first kappa shape index (κ1) is 21.8. The van der Waals surface area contributed by atoms with E-state index in [0.717, 1.165) is 15.5 Å². The van der Waals surface area contributed by atoms with Crippen LogP contribution >= 0.6 is 23.4 Å². The highest BCUT2D eigenvalue weighted by Gasteiger charge is 2.13. The molecule has 0 aliphatic carbocycles. The molecule has 0 aliphatic rings. The quantitative estimate of drug-likeness (QED) is 0.386. The molecular weight excluding hydrogens is 448 g/mol. The number of amides is 1. The van der Waals surface area contributed by atoms with Crippen molar-refractivity contribution < 1.29 is 13.9 Å². The lowest BCUT2D eigenvalue weighted by atomic mass is 10.3. The van der Waals surface area contributed by atoms with E-state index in [0.29, 0.717) is 16.5 Å². The number of hydrogen-bond acceptors (Lipinski definition) is 5. The van der Waals surface area contributed by atoms with Crippen molar-refractivity contribution in [2.45, 2.75) is 16.3 Å². The standard InChI is InChI=1S/C24H19ClN2O4S/c1-30-17-6-9-19(10-7-17)32-22-12-5-16(14-20(22)25)26-24(29)21-11-8-18(31-21)15-27-13-3-2-4-23(27)28/h2-14H,15H2,1H3,(H,26,29). The Morgan fingerprint density at radius 3 is 2.62 bits per heavy atom. The van der Waals surface area contributed by atoms with Crippen molar-refractivity contribution in [3.63, 3.8) is 0 Å². The number of rotatable bonds is 7. The fraction of sp³-hybridized carbons (Fsp3) is 0.0833. The predicted molar refractivity (Wildman–Crippen MR) is 125 cm³/mol. The summed E-state index contributed by atoms with van der Waals surface area (Å²) < 4.78 is 12.3. The van der Waals surface area contributed by atoms with E-state index in [1.54, 1.807) is 49.7 Å². The molecule has 4 rings (SSSR count). The normalized spacial score (nSPS) is 10.7. The summed E-state index contributed by atoms with van der Waals surface area (Å²) in [5.74, 6) is 1.04. The molecule has 2 heterocycles. The number of aromatic nitrogens is 1. The molecular formula is C24H19ClN2O4S. The van der Waals surface area contributed by atoms with Crippen LogP contribution in [0.1, 0.15) is 16.3 Å². The second-order valence-electron chi connectivity index (χ2n) is 6.81. The summed E-state index contributed by atoms with van der Waals surface area (Å²) in [6.45, 7) is 0.246. The minimum atomic E-state index is -0.400. The highest BCUT2D eigenvalue weighted by molar-refractivity contribution is 7.99. The van der Waals surface area contributed by atoms with Crippen molar-refractivity contribution in [2.24, 2.45) is 0 Å². The lowest BCUT2D eigenvalue weighted by molar-refractivity contribution is 0.0994. The van der Waals surface area contributed by atoms with E-state index in [9.17, 15) is 9.59 Å². The van der Waals surface area contributed by atoms with Gasteiger partial charge in [0, 0.05) is 27.7 Å². The lowest BCUT2D eigenvalue weighted by Crippen LogP contribution is -2.18. The van der Waals surface area contributed by atoms with Gasteiger partial charge in [0.25, 0.3) is 11.5 Å². The Morgan fingerprint density at radius 2 is 1.91 bits per heavy atom. The number of furan rings is 1. The summed E-state index contributed by atoms with van der Waals surface area (Å²) in [7, 11) is 1.63. The van der Waals surface area contributed by atoms with E-state index in [4.69, 9.17) is 20.8 Å². The van der Waals surface area contributed by atoms with Gasteiger partial charge in [0.2, 0.25) is 0 Å². The first-order chi connectivity index (χ1) is 15.5. The zero-order valence-electron chi connectivity index (χ0n) is 17.1. The summed E-state index contributed by atoms with van der Waals surface area (Å²) in [4.78, 5) is 26.3. The minimum Gasteiger partial charge on any atom is -0.497 e. The zero-order valence-corrected chi connectivity index (χ0v) is 18.7. The van der Waals surface area contributed by atoms with Gasteiger partial charge in [-0.25, -0.2) is 0 Å². The van der Waals surface area contributed by atoms with Crippen LogP contribution in [0.25, 0.3) is 0 Å². The highest BCUT2D eigenvalue weighted by Crippen LogP contribution is 2.35. The number of nitrogens with zero attached hydrogens (tertiary/aromatic N) is 1. The van der Waals surface area contributed by atoms with E-state index in [1.165, 1.54) is 22.4 Å². The third kappa shape index (κ3) is 5.25. The van der Waals surface area contributed by atoms with E-state index in [1.807, 2.05) is 30.3 Å². The number of anilines is 1. The first-order valence-corrected chi connectivity index (χ1v) is 10.9. The molecule has 2 aromatic heterocycles. The van der Waals surface area contributed by atoms with Gasteiger partial charge in [-0.15, -0.1) is 0 Å². The van der Waals surface area contributed by atoms with Gasteiger partial charge in [-0.3, -0.25) is 9.59 Å². The average molecular weight is 467 g/mol. The highest BCUT2D eigenvalue weighted by atomic mass is 35.5. The molecule has 0 unspecified atom stereocenters. The predicted octanol–water partition coefficient (Wildman–Crippen LogP) is 5.56. The van der Waals surface area contributed by atoms with Crippen LogP contribution in [0.15, 0.2) is 98.0 Å². The fourth-order valence-corrected chi connectivity index (χ4v) is 4.08. The Balaban J connectivity index is 1.41. The summed E-state index contributed by atoms with van der Waals surface area (Å²) >= 11 is 7.94. The van der Waals surface area contributed by atoms with Crippen LogP contribution in [0, 0.1) is 0 Å². The van der Waals surface area contributed by atoms with Gasteiger partial charge in [0.15, 0.2) is 5.76 Å². The molecule has 8 heteroatoms. The van der Waals surface area contributed by atoms with Gasteiger partial charge in [0.1, 0.15) is 11.5 Å². The molecule has 2 aromatic carbocycles. The Morgan fingerprint density at radius 1 is 1.09 bits per heavy atom. The maximum absolute atomic E-state index is 12.6. The maximum Gasteiger partial charge on any atom is 0.291 e. The van der Waals surface area contributed by atoms with Crippen molar-refractivity contribution in [3.05, 3.63) is 106 Å². The SMILES string of the molecule is COc1ccc(Sc2ccc(NC(=O)c3ccc(Cn4ccccc4=O)o3)cc2Cl)cc1. The van der Waals surface area contributed by atoms with Crippen molar-refractivity contribution >= 4 is 35.0 Å². The number of carbonyl (C=O) groups excluding carboxylic acids is 1. The van der Waals surface area contributed by atoms with Gasteiger partial charge in [-0.2, -0.15) is 0 Å². The molecule has 0 saturated carbocycles. The summed E-state index contributed by atoms with van der Waals surface area (Å²) in [5.41, 5.74) is 0.411. The van der Waals surface area contributed by atoms with Gasteiger partial charge < -0.3 is 19.0 Å². The number of nitrogens with one attached hydrogen (secondary N) is 1. The van der Waals surface area contributed by atoms with Crippen molar-refractivity contribution in [2.75, 3.05) is 12.4 Å². The van der Waals surface area contributed by atoms with Crippen LogP contribution in [-0.2, 0) is 6.54 Å². The van der Waals surface area contributed by atoms with E-state index >= 15 is 0 Å². The number of pyridine rings is 1. The van der Waals surface area contributed by atoms with E-state index in [2.05, 4.69) is 5.32 Å². The van der Waals surface area contributed by atoms with Crippen LogP contribution in [0.4, 0.5) is 5.69 Å². The third-order valence-corrected chi connectivity index (χ3v) is 6.10. The van der Waals surface area contributed by atoms with Crippen molar-refractivity contribution in [1.29, 1.82) is 0 Å². The van der Waals surface area contributed by atoms with Crippen LogP contribution in [0.2, 0.25) is 5.02 Å². The van der Waals surface area contributed by atoms with Crippen molar-refractivity contribution in [1.82, 2.24) is 4.57 Å². The number of carbonyl (C=O) groups is 1. The fourth-order valence-electron chi connectivity index (χ4n) is 2.97. The smallest absolute Gasteiger partial charge is 0.291 e. The Kier molecular flexibility index (Phi) is 6.68. The molecule has 0 fully saturated rings. The molecule has 0 radical (unpaired) electrons. The van der Waals surface area contributed by atoms with Gasteiger partial charge >= 0.3 is 0 Å². The second kappa shape index (κ2) is 9.80. The van der Waals surface area contributed by atoms with Gasteiger partial charge in [-0.05, 0) is 60.7 Å². The first-order valence-electron chi connectivity index (χ1n) is 9.69. The molecule has 1 N–H and O–H groups in total. The summed E-state index contributed by atoms with van der Waals surface area (Å²) in [5, 5.41) is 3.30. The average Bonchev–Trinajstić information content (AvgIpc) is 3.26. The maximum atomic E-state index is 12.6. The molecule has 1 amide bonds. The Bertz CT molecular complexity index is 1300. The molecule has 0 saturated heterocycles. The Hall–Kier alpha value is -3.42. The molecule has 4 aromatic rings. The molecule has 0 atom stereocenters. The number of ether oxygens (including phenoxy) is 1. The molecule has 32 heavy (non-hydrogen) atoms. The molecule has 162 valence electrons. The largest absolute Gasteiger partial charge is 0.497 e. The minimum absolute atomic E-state index is 0.142. The number of hydrogen-bond donors (Lipinski definition) is 1. The van der Waals surface area contributed by atoms with Crippen molar-refractivity contribution in [3.8, 4) is 5.75 Å². The summed E-state index contributed by atoms with van der Waals surface area (Å²) in [6.07, 6.45) is 1.66. The van der Waals surface area contributed by atoms with Gasteiger partial charge in [0.05, 0.1) is 18.7 Å². The zero-order chi connectivity index (χ0) is 22.5. The van der Waals surface area contributed by atoms with E-state index in [-0.39, 0.29) is 17.9 Å². The molecule has 0 aliphatic heterocycles. The van der Waals surface area contributed by atoms with Crippen LogP contribution in [0.3, 0.4) is 0 Å². The summed E-state index contributed by atoms with van der Waals surface area (Å²) in [6, 6.07) is 21.2. The number of halogens is 1. The molecule has 0 spiro atoms. The van der Waals surface area contributed by atoms with Crippen LogP contribution in [0.5, 0.6) is 5.75 Å². The monoisotopic (exact) mass is 466 g/mol. The Labute approximate surface area is 193 Å². The molecule has 0 bridgehead atoms.